The van der Waals surface area contributed by atoms with Crippen molar-refractivity contribution in [3.63, 3.8) is 0 Å². The van der Waals surface area contributed by atoms with E-state index in [1.807, 2.05) is 11.3 Å². The number of hydrogen-bond donors (Lipinski definition) is 1. The van der Waals surface area contributed by atoms with Crippen LogP contribution in [0.3, 0.4) is 0 Å². The molecular weight excluding hydrogens is 278 g/mol. The molecule has 2 aliphatic rings. The first kappa shape index (κ1) is 15.3. The van der Waals surface area contributed by atoms with Crippen LogP contribution in [0.1, 0.15) is 75.4 Å². The molecular formula is C17H29N3S. The summed E-state index contributed by atoms with van der Waals surface area (Å²) in [5.41, 5.74) is 7.46. The van der Waals surface area contributed by atoms with Crippen molar-refractivity contribution in [3.05, 3.63) is 10.6 Å². The number of hydrogen-bond acceptors (Lipinski definition) is 4. The van der Waals surface area contributed by atoms with Gasteiger partial charge in [-0.3, -0.25) is 0 Å². The lowest BCUT2D eigenvalue weighted by Crippen LogP contribution is -2.34. The fourth-order valence-electron chi connectivity index (χ4n) is 3.61. The van der Waals surface area contributed by atoms with Crippen molar-refractivity contribution in [1.29, 1.82) is 0 Å². The summed E-state index contributed by atoms with van der Waals surface area (Å²) >= 11 is 1.92. The Morgan fingerprint density at radius 1 is 1.24 bits per heavy atom. The monoisotopic (exact) mass is 307 g/mol. The third-order valence-corrected chi connectivity index (χ3v) is 6.11. The number of thiazole rings is 1. The maximum atomic E-state index is 6.26. The van der Waals surface area contributed by atoms with Crippen molar-refractivity contribution in [1.82, 2.24) is 4.98 Å². The summed E-state index contributed by atoms with van der Waals surface area (Å²) in [7, 11) is 0. The molecule has 0 amide bonds. The molecule has 0 bridgehead atoms. The van der Waals surface area contributed by atoms with E-state index in [9.17, 15) is 0 Å². The zero-order chi connectivity index (χ0) is 14.8. The molecule has 0 radical (unpaired) electrons. The molecule has 2 N–H and O–H groups in total. The summed E-state index contributed by atoms with van der Waals surface area (Å²) in [6, 6.07) is 0.891. The summed E-state index contributed by atoms with van der Waals surface area (Å²) in [4.78, 5) is 9.04. The van der Waals surface area contributed by atoms with Crippen molar-refractivity contribution in [3.8, 4) is 0 Å². The fraction of sp³-hybridized carbons (Fsp3) is 0.824. The summed E-state index contributed by atoms with van der Waals surface area (Å²) in [6.07, 6.45) is 10.2. The second-order valence-electron chi connectivity index (χ2n) is 7.12. The topological polar surface area (TPSA) is 42.2 Å². The second kappa shape index (κ2) is 6.66. The van der Waals surface area contributed by atoms with Crippen molar-refractivity contribution >= 4 is 16.5 Å². The fourth-order valence-corrected chi connectivity index (χ4v) is 4.88. The lowest BCUT2D eigenvalue weighted by molar-refractivity contribution is 0.525. The highest BCUT2D eigenvalue weighted by Crippen LogP contribution is 2.38. The van der Waals surface area contributed by atoms with Crippen molar-refractivity contribution in [2.75, 3.05) is 11.4 Å². The molecule has 4 heteroatoms. The average molecular weight is 308 g/mol. The van der Waals surface area contributed by atoms with Gasteiger partial charge in [0.05, 0.1) is 5.69 Å². The molecule has 118 valence electrons. The van der Waals surface area contributed by atoms with E-state index >= 15 is 0 Å². The van der Waals surface area contributed by atoms with E-state index in [2.05, 4.69) is 18.7 Å². The smallest absolute Gasteiger partial charge is 0.186 e. The van der Waals surface area contributed by atoms with Gasteiger partial charge >= 0.3 is 0 Å². The molecule has 1 aromatic rings. The molecule has 3 nitrogen and oxygen atoms in total. The number of nitrogens with zero attached hydrogens (tertiary/aromatic N) is 2. The Kier molecular flexibility index (Phi) is 4.85. The van der Waals surface area contributed by atoms with Gasteiger partial charge in [0, 0.05) is 23.5 Å². The van der Waals surface area contributed by atoms with Crippen LogP contribution in [0.2, 0.25) is 0 Å². The highest BCUT2D eigenvalue weighted by atomic mass is 32.1. The maximum Gasteiger partial charge on any atom is 0.186 e. The molecule has 1 unspecified atom stereocenters. The van der Waals surface area contributed by atoms with Gasteiger partial charge in [-0.1, -0.05) is 26.7 Å². The van der Waals surface area contributed by atoms with Gasteiger partial charge in [-0.2, -0.15) is 0 Å². The Morgan fingerprint density at radius 2 is 2.00 bits per heavy atom. The first-order valence-electron chi connectivity index (χ1n) is 8.67. The minimum absolute atomic E-state index is 0.175. The Morgan fingerprint density at radius 3 is 2.67 bits per heavy atom. The molecule has 1 saturated carbocycles. The standard InChI is InChI=1S/C17H29N3S/c1-12(2)10-11-20(13-6-3-4-7-13)17-19-16-14(18)8-5-9-15(16)21-17/h12-14H,3-11,18H2,1-2H3. The van der Waals surface area contributed by atoms with E-state index in [0.29, 0.717) is 6.04 Å². The quantitative estimate of drug-likeness (QED) is 0.883. The number of aryl methyl sites for hydroxylation is 1. The Bertz CT molecular complexity index is 463. The van der Waals surface area contributed by atoms with Crippen LogP contribution in [-0.2, 0) is 6.42 Å². The minimum Gasteiger partial charge on any atom is -0.345 e. The molecule has 21 heavy (non-hydrogen) atoms. The van der Waals surface area contributed by atoms with Crippen molar-refractivity contribution in [2.45, 2.75) is 77.3 Å². The van der Waals surface area contributed by atoms with Gasteiger partial charge in [-0.15, -0.1) is 11.3 Å². The Hall–Kier alpha value is -0.610. The van der Waals surface area contributed by atoms with Gasteiger partial charge in [-0.25, -0.2) is 4.98 Å². The third-order valence-electron chi connectivity index (χ3n) is 4.94. The zero-order valence-corrected chi connectivity index (χ0v) is 14.3. The molecule has 0 spiro atoms. The van der Waals surface area contributed by atoms with Crippen LogP contribution in [0.25, 0.3) is 0 Å². The lowest BCUT2D eigenvalue weighted by atomic mass is 9.99. The van der Waals surface area contributed by atoms with Crippen LogP contribution in [-0.4, -0.2) is 17.6 Å². The molecule has 1 fully saturated rings. The van der Waals surface area contributed by atoms with Crippen molar-refractivity contribution < 1.29 is 0 Å². The van der Waals surface area contributed by atoms with Crippen LogP contribution in [0, 0.1) is 5.92 Å². The first-order valence-corrected chi connectivity index (χ1v) is 9.48. The Labute approximate surface area is 132 Å². The van der Waals surface area contributed by atoms with Crippen LogP contribution in [0.4, 0.5) is 5.13 Å². The molecule has 3 rings (SSSR count). The molecule has 0 saturated heterocycles. The van der Waals surface area contributed by atoms with Gasteiger partial charge in [-0.05, 0) is 44.4 Å². The second-order valence-corrected chi connectivity index (χ2v) is 8.18. The summed E-state index contributed by atoms with van der Waals surface area (Å²) in [6.45, 7) is 5.79. The van der Waals surface area contributed by atoms with Crippen LogP contribution in [0.15, 0.2) is 0 Å². The van der Waals surface area contributed by atoms with Crippen LogP contribution < -0.4 is 10.6 Å². The summed E-state index contributed by atoms with van der Waals surface area (Å²) in [5.74, 6) is 0.755. The van der Waals surface area contributed by atoms with Crippen LogP contribution in [0.5, 0.6) is 0 Å². The molecule has 0 aliphatic heterocycles. The SMILES string of the molecule is CC(C)CCN(c1nc2c(s1)CCCC2N)C1CCCC1. The Balaban J connectivity index is 1.81. The zero-order valence-electron chi connectivity index (χ0n) is 13.5. The number of rotatable bonds is 5. The molecule has 1 heterocycles. The number of nitrogens with two attached hydrogens (primary N) is 1. The van der Waals surface area contributed by atoms with Crippen molar-refractivity contribution in [2.24, 2.45) is 11.7 Å². The predicted octanol–water partition coefficient (Wildman–Crippen LogP) is 4.27. The normalized spacial score (nSPS) is 22.8. The van der Waals surface area contributed by atoms with Gasteiger partial charge in [0.15, 0.2) is 5.13 Å². The lowest BCUT2D eigenvalue weighted by Gasteiger charge is -2.29. The van der Waals surface area contributed by atoms with Crippen LogP contribution >= 0.6 is 11.3 Å². The predicted molar refractivity (Wildman–Crippen MR) is 91.0 cm³/mol. The summed E-state index contributed by atoms with van der Waals surface area (Å²) < 4.78 is 0. The van der Waals surface area contributed by atoms with Gasteiger partial charge < -0.3 is 10.6 Å². The largest absolute Gasteiger partial charge is 0.345 e. The van der Waals surface area contributed by atoms with E-state index < -0.39 is 0 Å². The number of anilines is 1. The average Bonchev–Trinajstić information content (AvgIpc) is 3.08. The van der Waals surface area contributed by atoms with E-state index in [-0.39, 0.29) is 6.04 Å². The molecule has 2 aliphatic carbocycles. The van der Waals surface area contributed by atoms with E-state index in [1.165, 1.54) is 60.6 Å². The minimum atomic E-state index is 0.175. The van der Waals surface area contributed by atoms with Gasteiger partial charge in [0.1, 0.15) is 0 Å². The van der Waals surface area contributed by atoms with Gasteiger partial charge in [0.2, 0.25) is 0 Å². The van der Waals surface area contributed by atoms with E-state index in [1.54, 1.807) is 0 Å². The highest BCUT2D eigenvalue weighted by molar-refractivity contribution is 7.15. The molecule has 1 aromatic heterocycles. The molecule has 0 aromatic carbocycles. The van der Waals surface area contributed by atoms with Gasteiger partial charge in [0.25, 0.3) is 0 Å². The van der Waals surface area contributed by atoms with E-state index in [4.69, 9.17) is 10.7 Å². The summed E-state index contributed by atoms with van der Waals surface area (Å²) in [5, 5.41) is 1.25. The van der Waals surface area contributed by atoms with E-state index in [0.717, 1.165) is 18.9 Å². The molecule has 1 atom stereocenters. The maximum absolute atomic E-state index is 6.26. The highest BCUT2D eigenvalue weighted by Gasteiger charge is 2.28. The first-order chi connectivity index (χ1) is 10.1. The third kappa shape index (κ3) is 3.42. The number of aromatic nitrogens is 1. The number of fused-ring (bicyclic) bond motifs is 1.